The zero-order chi connectivity index (χ0) is 17.2. The van der Waals surface area contributed by atoms with Gasteiger partial charge in [-0.1, -0.05) is 12.1 Å². The fourth-order valence-corrected chi connectivity index (χ4v) is 3.61. The van der Waals surface area contributed by atoms with Gasteiger partial charge in [-0.2, -0.15) is 0 Å². The summed E-state index contributed by atoms with van der Waals surface area (Å²) in [7, 11) is 0. The largest absolute Gasteiger partial charge is 0.361 e. The highest BCUT2D eigenvalue weighted by Gasteiger charge is 2.40. The molecule has 2 atom stereocenters. The summed E-state index contributed by atoms with van der Waals surface area (Å²) < 4.78 is 0. The molecule has 1 aliphatic rings. The van der Waals surface area contributed by atoms with E-state index in [0.717, 1.165) is 27.8 Å². The number of nitrogens with one attached hydrogen (secondary N) is 2. The molecule has 5 nitrogen and oxygen atoms in total. The van der Waals surface area contributed by atoms with E-state index in [1.54, 1.807) is 6.20 Å². The van der Waals surface area contributed by atoms with Crippen molar-refractivity contribution in [2.45, 2.75) is 25.6 Å². The highest BCUT2D eigenvalue weighted by molar-refractivity contribution is 7.80. The molecule has 1 aliphatic heterocycles. The van der Waals surface area contributed by atoms with Crippen LogP contribution in [-0.4, -0.2) is 25.0 Å². The molecule has 0 bridgehead atoms. The minimum Gasteiger partial charge on any atom is -0.361 e. The second-order valence-electron chi connectivity index (χ2n) is 6.21. The molecule has 6 heteroatoms. The van der Waals surface area contributed by atoms with E-state index in [2.05, 4.69) is 50.3 Å². The predicted molar refractivity (Wildman–Crippen MR) is 101 cm³/mol. The van der Waals surface area contributed by atoms with Crippen molar-refractivity contribution in [2.24, 2.45) is 0 Å². The molecule has 0 unspecified atom stereocenters. The first-order valence-electron chi connectivity index (χ1n) is 8.25. The third-order valence-electron chi connectivity index (χ3n) is 4.45. The second kappa shape index (κ2) is 6.64. The normalized spacial score (nSPS) is 19.9. The molecular weight excluding hydrogens is 330 g/mol. The number of aromatic amines is 1. The van der Waals surface area contributed by atoms with Crippen LogP contribution in [0.5, 0.6) is 0 Å². The lowest BCUT2D eigenvalue weighted by Gasteiger charge is -2.27. The number of H-pyrrole nitrogens is 1. The molecule has 25 heavy (non-hydrogen) atoms. The second-order valence-corrected chi connectivity index (χ2v) is 6.60. The first-order chi connectivity index (χ1) is 12.2. The number of aromatic nitrogens is 3. The number of thiocarbonyl (C=S) groups is 1. The van der Waals surface area contributed by atoms with Crippen molar-refractivity contribution in [1.29, 1.82) is 0 Å². The Bertz CT molecular complexity index is 862. The lowest BCUT2D eigenvalue weighted by molar-refractivity contribution is 0.305. The summed E-state index contributed by atoms with van der Waals surface area (Å²) in [6.07, 6.45) is 5.49. The van der Waals surface area contributed by atoms with Crippen LogP contribution in [0.15, 0.2) is 61.1 Å². The van der Waals surface area contributed by atoms with Gasteiger partial charge in [0, 0.05) is 36.5 Å². The minimum atomic E-state index is 0.00317. The van der Waals surface area contributed by atoms with Gasteiger partial charge in [0.25, 0.3) is 0 Å². The molecule has 2 N–H and O–H groups in total. The maximum Gasteiger partial charge on any atom is 0.170 e. The maximum absolute atomic E-state index is 5.65. The van der Waals surface area contributed by atoms with Gasteiger partial charge in [0.15, 0.2) is 5.11 Å². The number of nitrogens with zero attached hydrogens (tertiary/aromatic N) is 3. The van der Waals surface area contributed by atoms with Gasteiger partial charge in [-0.25, -0.2) is 0 Å². The lowest BCUT2D eigenvalue weighted by Crippen LogP contribution is -2.29. The Balaban J connectivity index is 1.72. The highest BCUT2D eigenvalue weighted by atomic mass is 32.1. The van der Waals surface area contributed by atoms with Crippen molar-refractivity contribution in [3.8, 4) is 0 Å². The summed E-state index contributed by atoms with van der Waals surface area (Å²) in [6, 6.07) is 14.3. The Labute approximate surface area is 152 Å². The van der Waals surface area contributed by atoms with Crippen LogP contribution in [-0.2, 0) is 6.54 Å². The summed E-state index contributed by atoms with van der Waals surface area (Å²) in [6.45, 7) is 2.76. The van der Waals surface area contributed by atoms with Gasteiger partial charge in [0.2, 0.25) is 0 Å². The van der Waals surface area contributed by atoms with Crippen LogP contribution in [0, 0.1) is 6.92 Å². The summed E-state index contributed by atoms with van der Waals surface area (Å²) in [5.41, 5.74) is 4.37. The SMILES string of the molecule is Cc1ccc([C@@H]2[C@H](c3ccccn3)NC(=S)N2Cc2cccnc2)[nH]1. The average Bonchev–Trinajstić information content (AvgIpc) is 3.20. The molecule has 0 amide bonds. The molecule has 1 saturated heterocycles. The smallest absolute Gasteiger partial charge is 0.170 e. The molecular formula is C19H19N5S. The van der Waals surface area contributed by atoms with E-state index >= 15 is 0 Å². The van der Waals surface area contributed by atoms with Crippen molar-refractivity contribution < 1.29 is 0 Å². The Morgan fingerprint density at radius 3 is 2.72 bits per heavy atom. The minimum absolute atomic E-state index is 0.00317. The van der Waals surface area contributed by atoms with Crippen molar-refractivity contribution in [3.63, 3.8) is 0 Å². The molecule has 1 fully saturated rings. The Hall–Kier alpha value is -2.73. The first-order valence-corrected chi connectivity index (χ1v) is 8.65. The molecule has 0 aliphatic carbocycles. The van der Waals surface area contributed by atoms with E-state index in [1.807, 2.05) is 36.7 Å². The number of rotatable bonds is 4. The molecule has 4 rings (SSSR count). The third kappa shape index (κ3) is 3.13. The fraction of sp³-hybridized carbons (Fsp3) is 0.211. The first kappa shape index (κ1) is 15.8. The van der Waals surface area contributed by atoms with Crippen molar-refractivity contribution in [1.82, 2.24) is 25.2 Å². The van der Waals surface area contributed by atoms with Crippen LogP contribution in [0.25, 0.3) is 0 Å². The van der Waals surface area contributed by atoms with Gasteiger partial charge < -0.3 is 15.2 Å². The van der Waals surface area contributed by atoms with Crippen LogP contribution >= 0.6 is 12.2 Å². The van der Waals surface area contributed by atoms with Gasteiger partial charge in [-0.15, -0.1) is 0 Å². The molecule has 3 aromatic rings. The Morgan fingerprint density at radius 2 is 2.04 bits per heavy atom. The number of hydrogen-bond acceptors (Lipinski definition) is 3. The Kier molecular flexibility index (Phi) is 4.19. The highest BCUT2D eigenvalue weighted by Crippen LogP contribution is 2.38. The summed E-state index contributed by atoms with van der Waals surface area (Å²) in [5, 5.41) is 4.19. The average molecular weight is 349 g/mol. The monoisotopic (exact) mass is 349 g/mol. The topological polar surface area (TPSA) is 56.8 Å². The van der Waals surface area contributed by atoms with E-state index in [4.69, 9.17) is 12.2 Å². The molecule has 3 aromatic heterocycles. The van der Waals surface area contributed by atoms with E-state index in [-0.39, 0.29) is 12.1 Å². The maximum atomic E-state index is 5.65. The third-order valence-corrected chi connectivity index (χ3v) is 4.80. The van der Waals surface area contributed by atoms with Crippen molar-refractivity contribution >= 4 is 17.3 Å². The summed E-state index contributed by atoms with van der Waals surface area (Å²) >= 11 is 5.65. The van der Waals surface area contributed by atoms with Crippen LogP contribution in [0.1, 0.15) is 34.7 Å². The number of hydrogen-bond donors (Lipinski definition) is 2. The van der Waals surface area contributed by atoms with Crippen LogP contribution in [0.3, 0.4) is 0 Å². The van der Waals surface area contributed by atoms with Gasteiger partial charge in [0.05, 0.1) is 17.8 Å². The molecule has 0 spiro atoms. The van der Waals surface area contributed by atoms with E-state index in [9.17, 15) is 0 Å². The van der Waals surface area contributed by atoms with Crippen LogP contribution in [0.2, 0.25) is 0 Å². The van der Waals surface area contributed by atoms with Crippen molar-refractivity contribution in [2.75, 3.05) is 0 Å². The molecule has 0 radical (unpaired) electrons. The molecule has 0 saturated carbocycles. The van der Waals surface area contributed by atoms with Gasteiger partial charge in [0.1, 0.15) is 0 Å². The molecule has 4 heterocycles. The van der Waals surface area contributed by atoms with Gasteiger partial charge in [-0.05, 0) is 55.0 Å². The quantitative estimate of drug-likeness (QED) is 0.708. The number of pyridine rings is 2. The van der Waals surface area contributed by atoms with Crippen LogP contribution < -0.4 is 5.32 Å². The van der Waals surface area contributed by atoms with Crippen molar-refractivity contribution in [3.05, 3.63) is 83.7 Å². The van der Waals surface area contributed by atoms with E-state index < -0.39 is 0 Å². The Morgan fingerprint density at radius 1 is 1.12 bits per heavy atom. The number of aryl methyl sites for hydroxylation is 1. The predicted octanol–water partition coefficient (Wildman–Crippen LogP) is 3.29. The summed E-state index contributed by atoms with van der Waals surface area (Å²) in [5.74, 6) is 0. The molecule has 0 aromatic carbocycles. The lowest BCUT2D eigenvalue weighted by atomic mass is 10.0. The van der Waals surface area contributed by atoms with E-state index in [1.165, 1.54) is 0 Å². The van der Waals surface area contributed by atoms with Crippen LogP contribution in [0.4, 0.5) is 0 Å². The van der Waals surface area contributed by atoms with Gasteiger partial charge in [-0.3, -0.25) is 9.97 Å². The zero-order valence-electron chi connectivity index (χ0n) is 13.9. The standard InChI is InChI=1S/C19H19N5S/c1-13-7-8-16(22-13)18-17(15-6-2-3-10-21-15)23-19(25)24(18)12-14-5-4-9-20-11-14/h2-11,17-18,22H,12H2,1H3,(H,23,25)/t17-,18+/m0/s1. The zero-order valence-corrected chi connectivity index (χ0v) is 14.7. The molecule has 126 valence electrons. The summed E-state index contributed by atoms with van der Waals surface area (Å²) in [4.78, 5) is 14.4. The van der Waals surface area contributed by atoms with E-state index in [0.29, 0.717) is 6.54 Å². The fourth-order valence-electron chi connectivity index (χ4n) is 3.30. The van der Waals surface area contributed by atoms with Gasteiger partial charge >= 0.3 is 0 Å².